The van der Waals surface area contributed by atoms with Crippen molar-refractivity contribution in [2.45, 2.75) is 0 Å². The molecule has 1 N–H and O–H groups in total. The van der Waals surface area contributed by atoms with E-state index < -0.39 is 11.8 Å². The van der Waals surface area contributed by atoms with Gasteiger partial charge >= 0.3 is 5.97 Å². The standard InChI is InChI=1S/C7H3BFIO2/c8-4-1-3(7(11)12)2-5(10)6(4)9/h1-2H,(H,11,12). The molecule has 0 spiro atoms. The van der Waals surface area contributed by atoms with Crippen LogP contribution in [0.2, 0.25) is 0 Å². The lowest BCUT2D eigenvalue weighted by atomic mass is 9.94. The highest BCUT2D eigenvalue weighted by atomic mass is 127. The SMILES string of the molecule is [B]c1cc(C(=O)O)cc(I)c1F. The number of carboxylic acids is 1. The van der Waals surface area contributed by atoms with Crippen molar-refractivity contribution in [2.75, 3.05) is 0 Å². The Bertz CT molecular complexity index is 317. The van der Waals surface area contributed by atoms with Gasteiger partial charge in [0.2, 0.25) is 0 Å². The Hall–Kier alpha value is -0.585. The maximum Gasteiger partial charge on any atom is 0.335 e. The summed E-state index contributed by atoms with van der Waals surface area (Å²) >= 11 is 1.69. The van der Waals surface area contributed by atoms with Gasteiger partial charge in [-0.1, -0.05) is 11.5 Å². The molecule has 0 bridgehead atoms. The van der Waals surface area contributed by atoms with E-state index in [1.165, 1.54) is 6.07 Å². The summed E-state index contributed by atoms with van der Waals surface area (Å²) in [4.78, 5) is 10.4. The number of aromatic carboxylic acids is 1. The predicted molar refractivity (Wildman–Crippen MR) is 51.5 cm³/mol. The van der Waals surface area contributed by atoms with Crippen LogP contribution in [0.1, 0.15) is 10.4 Å². The fraction of sp³-hybridized carbons (Fsp3) is 0. The zero-order valence-corrected chi connectivity index (χ0v) is 8.00. The minimum atomic E-state index is -1.11. The third-order valence-electron chi connectivity index (χ3n) is 1.30. The van der Waals surface area contributed by atoms with E-state index in [9.17, 15) is 9.18 Å². The quantitative estimate of drug-likeness (QED) is 0.611. The molecule has 0 aliphatic carbocycles. The van der Waals surface area contributed by atoms with Gasteiger partial charge in [-0.15, -0.1) is 0 Å². The van der Waals surface area contributed by atoms with Crippen LogP contribution in [-0.4, -0.2) is 18.9 Å². The normalized spacial score (nSPS) is 9.83. The molecular formula is C7H3BFIO2. The summed E-state index contributed by atoms with van der Waals surface area (Å²) in [7, 11) is 5.22. The van der Waals surface area contributed by atoms with E-state index in [2.05, 4.69) is 0 Å². The minimum Gasteiger partial charge on any atom is -0.478 e. The van der Waals surface area contributed by atoms with Gasteiger partial charge in [-0.05, 0) is 28.7 Å². The first-order valence-electron chi connectivity index (χ1n) is 3.00. The smallest absolute Gasteiger partial charge is 0.335 e. The number of hydrogen-bond acceptors (Lipinski definition) is 1. The number of benzene rings is 1. The van der Waals surface area contributed by atoms with Crippen LogP contribution in [0, 0.1) is 9.39 Å². The molecule has 60 valence electrons. The van der Waals surface area contributed by atoms with E-state index >= 15 is 0 Å². The Morgan fingerprint density at radius 2 is 2.17 bits per heavy atom. The molecule has 1 aromatic rings. The summed E-state index contributed by atoms with van der Waals surface area (Å²) in [5, 5.41) is 8.54. The fourth-order valence-corrected chi connectivity index (χ4v) is 1.38. The molecule has 5 heteroatoms. The molecule has 0 aromatic heterocycles. The van der Waals surface area contributed by atoms with Gasteiger partial charge in [-0.2, -0.15) is 0 Å². The lowest BCUT2D eigenvalue weighted by Gasteiger charge is -2.01. The van der Waals surface area contributed by atoms with Crippen LogP contribution in [0.5, 0.6) is 0 Å². The van der Waals surface area contributed by atoms with Crippen molar-refractivity contribution in [1.82, 2.24) is 0 Å². The Balaban J connectivity index is 3.31. The minimum absolute atomic E-state index is 0.00157. The zero-order chi connectivity index (χ0) is 9.30. The predicted octanol–water partition coefficient (Wildman–Crippen LogP) is 0.922. The van der Waals surface area contributed by atoms with Crippen LogP contribution >= 0.6 is 22.6 Å². The molecule has 12 heavy (non-hydrogen) atoms. The Morgan fingerprint density at radius 1 is 1.58 bits per heavy atom. The first-order chi connectivity index (χ1) is 5.52. The van der Waals surface area contributed by atoms with E-state index in [0.29, 0.717) is 0 Å². The molecule has 0 heterocycles. The molecule has 0 atom stereocenters. The number of halogens is 2. The van der Waals surface area contributed by atoms with Gasteiger partial charge in [0.05, 0.1) is 5.56 Å². The molecule has 0 saturated heterocycles. The molecule has 0 amide bonds. The third-order valence-corrected chi connectivity index (χ3v) is 2.09. The van der Waals surface area contributed by atoms with E-state index in [1.54, 1.807) is 22.6 Å². The van der Waals surface area contributed by atoms with Crippen molar-refractivity contribution in [3.05, 3.63) is 27.1 Å². The van der Waals surface area contributed by atoms with Gasteiger partial charge < -0.3 is 5.11 Å². The Morgan fingerprint density at radius 3 is 2.58 bits per heavy atom. The van der Waals surface area contributed by atoms with Gasteiger partial charge in [0.15, 0.2) is 0 Å². The van der Waals surface area contributed by atoms with Crippen molar-refractivity contribution in [2.24, 2.45) is 0 Å². The average molecular weight is 276 g/mol. The summed E-state index contributed by atoms with van der Waals surface area (Å²) in [6.45, 7) is 0. The lowest BCUT2D eigenvalue weighted by Crippen LogP contribution is -2.13. The van der Waals surface area contributed by atoms with Gasteiger partial charge in [-0.25, -0.2) is 9.18 Å². The highest BCUT2D eigenvalue weighted by Crippen LogP contribution is 2.10. The molecule has 0 saturated carbocycles. The lowest BCUT2D eigenvalue weighted by molar-refractivity contribution is 0.0697. The Kier molecular flexibility index (Phi) is 2.71. The summed E-state index contributed by atoms with van der Waals surface area (Å²) < 4.78 is 13.1. The van der Waals surface area contributed by atoms with Crippen molar-refractivity contribution >= 4 is 41.9 Å². The Labute approximate surface area is 83.3 Å². The summed E-state index contributed by atoms with van der Waals surface area (Å²) in [6.07, 6.45) is 0. The van der Waals surface area contributed by atoms with E-state index in [0.717, 1.165) is 6.07 Å². The van der Waals surface area contributed by atoms with Crippen molar-refractivity contribution in [1.29, 1.82) is 0 Å². The number of rotatable bonds is 1. The van der Waals surface area contributed by atoms with E-state index in [4.69, 9.17) is 13.0 Å². The van der Waals surface area contributed by atoms with Crippen molar-refractivity contribution in [3.63, 3.8) is 0 Å². The molecule has 2 nitrogen and oxygen atoms in total. The highest BCUT2D eigenvalue weighted by molar-refractivity contribution is 14.1. The molecule has 1 rings (SSSR count). The summed E-state index contributed by atoms with van der Waals surface area (Å²) in [5.74, 6) is -1.68. The second-order valence-electron chi connectivity index (χ2n) is 2.17. The topological polar surface area (TPSA) is 37.3 Å². The largest absolute Gasteiger partial charge is 0.478 e. The van der Waals surface area contributed by atoms with Gasteiger partial charge in [-0.3, -0.25) is 0 Å². The molecule has 2 radical (unpaired) electrons. The average Bonchev–Trinajstić information content (AvgIpc) is 1.99. The van der Waals surface area contributed by atoms with Crippen molar-refractivity contribution < 1.29 is 14.3 Å². The third kappa shape index (κ3) is 1.77. The van der Waals surface area contributed by atoms with Gasteiger partial charge in [0.1, 0.15) is 13.7 Å². The maximum absolute atomic E-state index is 12.8. The molecule has 0 aliphatic rings. The second-order valence-corrected chi connectivity index (χ2v) is 3.33. The summed E-state index contributed by atoms with van der Waals surface area (Å²) in [6, 6.07) is 2.33. The van der Waals surface area contributed by atoms with Crippen LogP contribution in [0.15, 0.2) is 12.1 Å². The molecular weight excluding hydrogens is 273 g/mol. The first kappa shape index (κ1) is 9.50. The zero-order valence-electron chi connectivity index (χ0n) is 5.84. The van der Waals surface area contributed by atoms with Crippen LogP contribution < -0.4 is 5.46 Å². The second kappa shape index (κ2) is 3.43. The van der Waals surface area contributed by atoms with Crippen molar-refractivity contribution in [3.8, 4) is 0 Å². The molecule has 1 aromatic carbocycles. The summed E-state index contributed by atoms with van der Waals surface area (Å²) in [5.41, 5.74) is -0.141. The van der Waals surface area contributed by atoms with Gasteiger partial charge in [0.25, 0.3) is 0 Å². The maximum atomic E-state index is 12.8. The number of carboxylic acid groups (broad SMARTS) is 1. The van der Waals surface area contributed by atoms with Crippen LogP contribution in [0.3, 0.4) is 0 Å². The van der Waals surface area contributed by atoms with E-state index in [-0.39, 0.29) is 14.6 Å². The van der Waals surface area contributed by atoms with Crippen LogP contribution in [-0.2, 0) is 0 Å². The fourth-order valence-electron chi connectivity index (χ4n) is 0.734. The van der Waals surface area contributed by atoms with Crippen LogP contribution in [0.4, 0.5) is 4.39 Å². The highest BCUT2D eigenvalue weighted by Gasteiger charge is 2.08. The number of carbonyl (C=O) groups is 1. The van der Waals surface area contributed by atoms with Crippen LogP contribution in [0.25, 0.3) is 0 Å². The van der Waals surface area contributed by atoms with Gasteiger partial charge in [0, 0.05) is 3.57 Å². The molecule has 0 unspecified atom stereocenters. The first-order valence-corrected chi connectivity index (χ1v) is 4.08. The molecule has 0 fully saturated rings. The van der Waals surface area contributed by atoms with E-state index in [1.807, 2.05) is 0 Å². The number of hydrogen-bond donors (Lipinski definition) is 1. The monoisotopic (exact) mass is 276 g/mol. The molecule has 0 aliphatic heterocycles.